The summed E-state index contributed by atoms with van der Waals surface area (Å²) in [6.07, 6.45) is 2.14. The Morgan fingerprint density at radius 2 is 1.89 bits per heavy atom. The van der Waals surface area contributed by atoms with E-state index in [0.717, 1.165) is 30.8 Å². The zero-order valence-electron chi connectivity index (χ0n) is 20.1. The average Bonchev–Trinajstić information content (AvgIpc) is 3.58. The maximum Gasteiger partial charge on any atom is 0.173 e. The van der Waals surface area contributed by atoms with Crippen LogP contribution in [0.4, 0.5) is 10.1 Å². The van der Waals surface area contributed by atoms with Crippen molar-refractivity contribution in [1.82, 2.24) is 25.1 Å². The predicted molar refractivity (Wildman–Crippen MR) is 128 cm³/mol. The number of hydrogen-bond donors (Lipinski definition) is 0. The summed E-state index contributed by atoms with van der Waals surface area (Å²) >= 11 is 0. The van der Waals surface area contributed by atoms with Gasteiger partial charge in [-0.2, -0.15) is 0 Å². The van der Waals surface area contributed by atoms with Crippen molar-refractivity contribution >= 4 is 5.69 Å². The van der Waals surface area contributed by atoms with Gasteiger partial charge in [0.1, 0.15) is 11.9 Å². The normalized spacial score (nSPS) is 19.6. The molecular weight excluding hydrogens is 451 g/mol. The van der Waals surface area contributed by atoms with Crippen LogP contribution in [0.5, 0.6) is 11.5 Å². The van der Waals surface area contributed by atoms with Crippen LogP contribution in [0.25, 0.3) is 0 Å². The maximum absolute atomic E-state index is 14.4. The smallest absolute Gasteiger partial charge is 0.173 e. The number of ether oxygens (including phenoxy) is 3. The zero-order chi connectivity index (χ0) is 24.2. The Labute approximate surface area is 204 Å². The molecule has 2 aromatic carbocycles. The van der Waals surface area contributed by atoms with Crippen molar-refractivity contribution in [2.24, 2.45) is 0 Å². The molecule has 0 aliphatic carbocycles. The van der Waals surface area contributed by atoms with Gasteiger partial charge < -0.3 is 19.1 Å². The molecule has 0 N–H and O–H groups in total. The van der Waals surface area contributed by atoms with E-state index in [4.69, 9.17) is 14.2 Å². The monoisotopic (exact) mass is 482 g/mol. The van der Waals surface area contributed by atoms with Gasteiger partial charge in [0.2, 0.25) is 0 Å². The third kappa shape index (κ3) is 4.81. The van der Waals surface area contributed by atoms with E-state index in [0.29, 0.717) is 49.9 Å². The lowest BCUT2D eigenvalue weighted by Gasteiger charge is -2.40. The number of hydrogen-bond acceptors (Lipinski definition) is 8. The Morgan fingerprint density at radius 3 is 2.60 bits per heavy atom. The highest BCUT2D eigenvalue weighted by molar-refractivity contribution is 5.50. The molecule has 35 heavy (non-hydrogen) atoms. The molecule has 2 aliphatic rings. The molecule has 2 atom stereocenters. The summed E-state index contributed by atoms with van der Waals surface area (Å²) in [5, 5.41) is 12.8. The van der Waals surface area contributed by atoms with Gasteiger partial charge in [-0.1, -0.05) is 24.3 Å². The third-order valence-electron chi connectivity index (χ3n) is 6.81. The van der Waals surface area contributed by atoms with Crippen LogP contribution in [0.3, 0.4) is 0 Å². The van der Waals surface area contributed by atoms with E-state index in [1.807, 2.05) is 35.0 Å². The topological polar surface area (TPSA) is 77.8 Å². The first-order valence-electron chi connectivity index (χ1n) is 12.0. The van der Waals surface area contributed by atoms with Gasteiger partial charge in [0.15, 0.2) is 17.3 Å². The van der Waals surface area contributed by atoms with Crippen LogP contribution in [0.2, 0.25) is 0 Å². The van der Waals surface area contributed by atoms with Gasteiger partial charge in [0.25, 0.3) is 0 Å². The second kappa shape index (κ2) is 10.6. The highest BCUT2D eigenvalue weighted by atomic mass is 19.1. The Bertz CT molecular complexity index is 1130. The number of aromatic nitrogens is 4. The Balaban J connectivity index is 1.48. The molecule has 3 aromatic rings. The van der Waals surface area contributed by atoms with Crippen LogP contribution in [0.15, 0.2) is 42.5 Å². The summed E-state index contributed by atoms with van der Waals surface area (Å²) in [7, 11) is 3.27. The number of nitrogens with zero attached hydrogens (tertiary/aromatic N) is 6. The van der Waals surface area contributed by atoms with Crippen molar-refractivity contribution < 1.29 is 18.6 Å². The molecule has 1 aromatic heterocycles. The van der Waals surface area contributed by atoms with E-state index in [2.05, 4.69) is 25.3 Å². The third-order valence-corrected chi connectivity index (χ3v) is 6.81. The summed E-state index contributed by atoms with van der Waals surface area (Å²) in [6.45, 7) is 4.12. The maximum atomic E-state index is 14.4. The van der Waals surface area contributed by atoms with Gasteiger partial charge >= 0.3 is 0 Å². The first-order chi connectivity index (χ1) is 17.2. The van der Waals surface area contributed by atoms with E-state index < -0.39 is 0 Å². The van der Waals surface area contributed by atoms with Crippen LogP contribution < -0.4 is 14.4 Å². The molecule has 2 fully saturated rings. The van der Waals surface area contributed by atoms with E-state index in [1.165, 1.54) is 6.07 Å². The van der Waals surface area contributed by atoms with Crippen molar-refractivity contribution in [3.8, 4) is 11.5 Å². The van der Waals surface area contributed by atoms with Crippen molar-refractivity contribution in [3.63, 3.8) is 0 Å². The zero-order valence-corrected chi connectivity index (χ0v) is 20.1. The minimum atomic E-state index is -0.265. The molecule has 9 nitrogen and oxygen atoms in total. The van der Waals surface area contributed by atoms with Gasteiger partial charge in [0.05, 0.1) is 32.6 Å². The summed E-state index contributed by atoms with van der Waals surface area (Å²) in [5.41, 5.74) is 1.56. The first-order valence-corrected chi connectivity index (χ1v) is 12.0. The van der Waals surface area contributed by atoms with E-state index in [9.17, 15) is 4.39 Å². The molecule has 2 saturated heterocycles. The summed E-state index contributed by atoms with van der Waals surface area (Å²) in [6, 6.07) is 12.5. The number of rotatable bonds is 8. The molecule has 0 saturated carbocycles. The highest BCUT2D eigenvalue weighted by Gasteiger charge is 2.34. The standard InChI is InChI=1S/C25H31FN6O3/c1-33-22-11-5-8-19(24(22)34-2)23(25-27-28-29-32(25)17-18-7-6-16-35-18)31-14-12-30(13-15-31)21-10-4-3-9-20(21)26/h3-5,8-11,18,23H,6-7,12-17H2,1-2H3/t18-,23-/m0/s1. The van der Waals surface area contributed by atoms with Crippen molar-refractivity contribution in [2.75, 3.05) is 51.9 Å². The molecule has 0 spiro atoms. The molecule has 186 valence electrons. The molecule has 5 rings (SSSR count). The SMILES string of the molecule is COc1cccc([C@@H](c2nnnn2C[C@@H]2CCCO2)N2CCN(c3ccccc3F)CC2)c1OC. The van der Waals surface area contributed by atoms with Crippen LogP contribution in [0, 0.1) is 5.82 Å². The fourth-order valence-electron chi connectivity index (χ4n) is 5.07. The molecule has 0 radical (unpaired) electrons. The number of tetrazole rings is 1. The van der Waals surface area contributed by atoms with Gasteiger partial charge in [-0.25, -0.2) is 9.07 Å². The number of piperazine rings is 1. The highest BCUT2D eigenvalue weighted by Crippen LogP contribution is 2.40. The van der Waals surface area contributed by atoms with Gasteiger partial charge in [0, 0.05) is 38.3 Å². The van der Waals surface area contributed by atoms with Crippen molar-refractivity contribution in [2.45, 2.75) is 31.5 Å². The number of benzene rings is 2. The lowest BCUT2D eigenvalue weighted by molar-refractivity contribution is 0.0906. The molecule has 2 aliphatic heterocycles. The van der Waals surface area contributed by atoms with Crippen molar-refractivity contribution in [3.05, 3.63) is 59.7 Å². The Morgan fingerprint density at radius 1 is 1.06 bits per heavy atom. The summed E-state index contributed by atoms with van der Waals surface area (Å²) < 4.78 is 33.5. The van der Waals surface area contributed by atoms with Crippen LogP contribution >= 0.6 is 0 Å². The van der Waals surface area contributed by atoms with Gasteiger partial charge in [-0.15, -0.1) is 5.10 Å². The van der Waals surface area contributed by atoms with E-state index in [-0.39, 0.29) is 18.0 Å². The van der Waals surface area contributed by atoms with Crippen LogP contribution in [-0.4, -0.2) is 78.2 Å². The minimum Gasteiger partial charge on any atom is -0.493 e. The molecule has 0 amide bonds. The van der Waals surface area contributed by atoms with Gasteiger partial charge in [-0.05, 0) is 41.5 Å². The minimum absolute atomic E-state index is 0.100. The number of halogens is 1. The number of methoxy groups -OCH3 is 2. The molecular formula is C25H31FN6O3. The fourth-order valence-corrected chi connectivity index (χ4v) is 5.07. The molecule has 3 heterocycles. The van der Waals surface area contributed by atoms with Gasteiger partial charge in [-0.3, -0.25) is 4.90 Å². The summed E-state index contributed by atoms with van der Waals surface area (Å²) in [5.74, 6) is 1.83. The largest absolute Gasteiger partial charge is 0.493 e. The summed E-state index contributed by atoms with van der Waals surface area (Å²) in [4.78, 5) is 4.41. The quantitative estimate of drug-likeness (QED) is 0.485. The average molecular weight is 483 g/mol. The number of anilines is 1. The predicted octanol–water partition coefficient (Wildman–Crippen LogP) is 2.92. The lowest BCUT2D eigenvalue weighted by Crippen LogP contribution is -2.48. The number of para-hydroxylation sites is 2. The molecule has 10 heteroatoms. The van der Waals surface area contributed by atoms with Crippen molar-refractivity contribution in [1.29, 1.82) is 0 Å². The molecule has 0 bridgehead atoms. The second-order valence-electron chi connectivity index (χ2n) is 8.81. The first kappa shape index (κ1) is 23.5. The van der Waals surface area contributed by atoms with Crippen LogP contribution in [-0.2, 0) is 11.3 Å². The van der Waals surface area contributed by atoms with E-state index >= 15 is 0 Å². The Kier molecular flexibility index (Phi) is 7.10. The molecule has 0 unspecified atom stereocenters. The second-order valence-corrected chi connectivity index (χ2v) is 8.81. The Hall–Kier alpha value is -3.24. The lowest BCUT2D eigenvalue weighted by atomic mass is 10.0. The van der Waals surface area contributed by atoms with E-state index in [1.54, 1.807) is 20.3 Å². The van der Waals surface area contributed by atoms with Crippen LogP contribution in [0.1, 0.15) is 30.3 Å². The fraction of sp³-hybridized carbons (Fsp3) is 0.480.